The molecule has 0 aliphatic rings. The first-order valence-corrected chi connectivity index (χ1v) is 5.93. The van der Waals surface area contributed by atoms with Gasteiger partial charge in [0.2, 0.25) is 5.91 Å². The second-order valence-corrected chi connectivity index (χ2v) is 4.86. The summed E-state index contributed by atoms with van der Waals surface area (Å²) < 4.78 is 0. The number of halogens is 1. The Labute approximate surface area is 102 Å². The molecule has 0 aromatic heterocycles. The van der Waals surface area contributed by atoms with Crippen molar-refractivity contribution >= 4 is 17.5 Å². The zero-order chi connectivity index (χ0) is 12.2. The average Bonchev–Trinajstić information content (AvgIpc) is 2.17. The summed E-state index contributed by atoms with van der Waals surface area (Å²) in [5, 5.41) is 2.97. The van der Waals surface area contributed by atoms with E-state index in [2.05, 4.69) is 5.32 Å². The fourth-order valence-electron chi connectivity index (χ4n) is 1.54. The summed E-state index contributed by atoms with van der Waals surface area (Å²) in [6.45, 7) is 6.02. The topological polar surface area (TPSA) is 29.1 Å². The van der Waals surface area contributed by atoms with E-state index in [4.69, 9.17) is 11.6 Å². The molecule has 1 amide bonds. The van der Waals surface area contributed by atoms with Gasteiger partial charge in [0.1, 0.15) is 0 Å². The van der Waals surface area contributed by atoms with Gasteiger partial charge in [-0.2, -0.15) is 0 Å². The van der Waals surface area contributed by atoms with E-state index in [1.165, 1.54) is 5.56 Å². The van der Waals surface area contributed by atoms with Crippen LogP contribution >= 0.6 is 11.6 Å². The number of hydrogen-bond acceptors (Lipinski definition) is 1. The highest BCUT2D eigenvalue weighted by Gasteiger charge is 2.21. The zero-order valence-electron chi connectivity index (χ0n) is 10.0. The molecule has 1 rings (SSSR count). The average molecular weight is 240 g/mol. The summed E-state index contributed by atoms with van der Waals surface area (Å²) >= 11 is 5.53. The van der Waals surface area contributed by atoms with E-state index < -0.39 is 0 Å². The molecule has 0 saturated heterocycles. The van der Waals surface area contributed by atoms with Crippen molar-refractivity contribution in [3.63, 3.8) is 0 Å². The number of hydrogen-bond donors (Lipinski definition) is 1. The predicted octanol–water partition coefficient (Wildman–Crippen LogP) is 2.98. The lowest BCUT2D eigenvalue weighted by Crippen LogP contribution is -2.41. The third kappa shape index (κ3) is 3.53. The van der Waals surface area contributed by atoms with Crippen LogP contribution in [0.2, 0.25) is 0 Å². The van der Waals surface area contributed by atoms with Crippen LogP contribution in [0.25, 0.3) is 0 Å². The number of benzene rings is 1. The molecule has 1 N–H and O–H groups in total. The first-order chi connectivity index (χ1) is 7.45. The molecule has 0 spiro atoms. The van der Waals surface area contributed by atoms with Gasteiger partial charge in [-0.1, -0.05) is 29.8 Å². The maximum Gasteiger partial charge on any atom is 0.221 e. The normalized spacial score (nSPS) is 11.2. The molecular formula is C13H18ClNO. The minimum absolute atomic E-state index is 0.0134. The highest BCUT2D eigenvalue weighted by atomic mass is 35.5. The third-order valence-corrected chi connectivity index (χ3v) is 2.74. The number of nitrogens with one attached hydrogen (secondary N) is 1. The van der Waals surface area contributed by atoms with Crippen molar-refractivity contribution in [2.24, 2.45) is 0 Å². The van der Waals surface area contributed by atoms with Crippen LogP contribution in [0.3, 0.4) is 0 Å². The van der Waals surface area contributed by atoms with E-state index in [0.717, 1.165) is 5.56 Å². The minimum atomic E-state index is -0.350. The van der Waals surface area contributed by atoms with Gasteiger partial charge >= 0.3 is 0 Å². The number of alkyl halides is 1. The SMILES string of the molecule is Cc1ccc(C(C)(C)NC(=O)CCCl)cc1. The Balaban J connectivity index is 2.76. The molecule has 88 valence electrons. The minimum Gasteiger partial charge on any atom is -0.347 e. The first kappa shape index (κ1) is 13.0. The van der Waals surface area contributed by atoms with Gasteiger partial charge < -0.3 is 5.32 Å². The Morgan fingerprint density at radius 2 is 1.88 bits per heavy atom. The largest absolute Gasteiger partial charge is 0.347 e. The quantitative estimate of drug-likeness (QED) is 0.805. The lowest BCUT2D eigenvalue weighted by molar-refractivity contribution is -0.122. The van der Waals surface area contributed by atoms with E-state index in [1.54, 1.807) is 0 Å². The third-order valence-electron chi connectivity index (χ3n) is 2.55. The molecule has 0 aliphatic carbocycles. The zero-order valence-corrected chi connectivity index (χ0v) is 10.8. The molecule has 0 radical (unpaired) electrons. The molecule has 2 nitrogen and oxygen atoms in total. The number of carbonyl (C=O) groups excluding carboxylic acids is 1. The van der Waals surface area contributed by atoms with Crippen LogP contribution in [0.15, 0.2) is 24.3 Å². The Kier molecular flexibility index (Phi) is 4.36. The molecule has 0 unspecified atom stereocenters. The Bertz CT molecular complexity index is 357. The van der Waals surface area contributed by atoms with Gasteiger partial charge in [0.25, 0.3) is 0 Å². The number of aryl methyl sites for hydroxylation is 1. The van der Waals surface area contributed by atoms with E-state index in [1.807, 2.05) is 45.0 Å². The van der Waals surface area contributed by atoms with Crippen molar-refractivity contribution in [1.82, 2.24) is 5.32 Å². The summed E-state index contributed by atoms with van der Waals surface area (Å²) in [4.78, 5) is 11.5. The van der Waals surface area contributed by atoms with Crippen LogP contribution < -0.4 is 5.32 Å². The van der Waals surface area contributed by atoms with Crippen molar-refractivity contribution in [3.05, 3.63) is 35.4 Å². The van der Waals surface area contributed by atoms with Crippen molar-refractivity contribution in [1.29, 1.82) is 0 Å². The highest BCUT2D eigenvalue weighted by Crippen LogP contribution is 2.20. The molecular weight excluding hydrogens is 222 g/mol. The van der Waals surface area contributed by atoms with Crippen LogP contribution in [0.5, 0.6) is 0 Å². The predicted molar refractivity (Wildman–Crippen MR) is 67.7 cm³/mol. The Morgan fingerprint density at radius 3 is 2.38 bits per heavy atom. The monoisotopic (exact) mass is 239 g/mol. The first-order valence-electron chi connectivity index (χ1n) is 5.40. The van der Waals surface area contributed by atoms with Crippen LogP contribution in [0.1, 0.15) is 31.4 Å². The number of amides is 1. The summed E-state index contributed by atoms with van der Waals surface area (Å²) in [5.41, 5.74) is 1.96. The summed E-state index contributed by atoms with van der Waals surface area (Å²) in [7, 11) is 0. The molecule has 1 aromatic rings. The van der Waals surface area contributed by atoms with Gasteiger partial charge in [-0.3, -0.25) is 4.79 Å². The van der Waals surface area contributed by atoms with Crippen LogP contribution in [-0.2, 0) is 10.3 Å². The second-order valence-electron chi connectivity index (χ2n) is 4.48. The lowest BCUT2D eigenvalue weighted by atomic mass is 9.93. The molecule has 0 heterocycles. The van der Waals surface area contributed by atoms with Crippen LogP contribution in [-0.4, -0.2) is 11.8 Å². The molecule has 0 aliphatic heterocycles. The molecule has 0 atom stereocenters. The highest BCUT2D eigenvalue weighted by molar-refractivity contribution is 6.18. The number of carbonyl (C=O) groups is 1. The second kappa shape index (κ2) is 5.35. The molecule has 1 aromatic carbocycles. The van der Waals surface area contributed by atoms with E-state index in [9.17, 15) is 4.79 Å². The van der Waals surface area contributed by atoms with Crippen molar-refractivity contribution < 1.29 is 4.79 Å². The molecule has 0 fully saturated rings. The molecule has 3 heteroatoms. The van der Waals surface area contributed by atoms with Gasteiger partial charge in [-0.05, 0) is 26.3 Å². The summed E-state index contributed by atoms with van der Waals surface area (Å²) in [6, 6.07) is 8.17. The van der Waals surface area contributed by atoms with Gasteiger partial charge in [-0.15, -0.1) is 11.6 Å². The van der Waals surface area contributed by atoms with Crippen molar-refractivity contribution in [2.45, 2.75) is 32.7 Å². The molecule has 0 bridgehead atoms. The van der Waals surface area contributed by atoms with Gasteiger partial charge in [-0.25, -0.2) is 0 Å². The smallest absolute Gasteiger partial charge is 0.221 e. The van der Waals surface area contributed by atoms with Crippen molar-refractivity contribution in [2.75, 3.05) is 5.88 Å². The maximum atomic E-state index is 11.5. The van der Waals surface area contributed by atoms with Crippen molar-refractivity contribution in [3.8, 4) is 0 Å². The van der Waals surface area contributed by atoms with Gasteiger partial charge in [0.05, 0.1) is 5.54 Å². The summed E-state index contributed by atoms with van der Waals surface area (Å²) in [5.74, 6) is 0.344. The Hall–Kier alpha value is -1.02. The Morgan fingerprint density at radius 1 is 1.31 bits per heavy atom. The lowest BCUT2D eigenvalue weighted by Gasteiger charge is -2.27. The summed E-state index contributed by atoms with van der Waals surface area (Å²) in [6.07, 6.45) is 0.358. The standard InChI is InChI=1S/C13H18ClNO/c1-10-4-6-11(7-5-10)13(2,3)15-12(16)8-9-14/h4-7H,8-9H2,1-3H3,(H,15,16). The maximum absolute atomic E-state index is 11.5. The molecule has 16 heavy (non-hydrogen) atoms. The fraction of sp³-hybridized carbons (Fsp3) is 0.462. The number of rotatable bonds is 4. The van der Waals surface area contributed by atoms with Gasteiger partial charge in [0.15, 0.2) is 0 Å². The van der Waals surface area contributed by atoms with Gasteiger partial charge in [0, 0.05) is 12.3 Å². The van der Waals surface area contributed by atoms with E-state index in [-0.39, 0.29) is 11.4 Å². The van der Waals surface area contributed by atoms with E-state index >= 15 is 0 Å². The van der Waals surface area contributed by atoms with Crippen LogP contribution in [0.4, 0.5) is 0 Å². The van der Waals surface area contributed by atoms with Crippen LogP contribution in [0, 0.1) is 6.92 Å². The molecule has 0 saturated carbocycles. The fourth-order valence-corrected chi connectivity index (χ4v) is 1.71. The van der Waals surface area contributed by atoms with E-state index in [0.29, 0.717) is 12.3 Å².